The standard InChI is InChI=1S/C12H27NO2S/c1-3-4-5-6-7-8-10-13-11-9-12-16(2,14)15/h13H,3-12H2,1-2H3. The molecule has 0 aromatic carbocycles. The molecule has 0 aliphatic rings. The molecule has 0 unspecified atom stereocenters. The van der Waals surface area contributed by atoms with Crippen LogP contribution >= 0.6 is 0 Å². The minimum atomic E-state index is -2.77. The van der Waals surface area contributed by atoms with E-state index in [2.05, 4.69) is 12.2 Å². The van der Waals surface area contributed by atoms with Gasteiger partial charge in [-0.05, 0) is 25.9 Å². The second-order valence-electron chi connectivity index (χ2n) is 4.50. The molecule has 3 nitrogen and oxygen atoms in total. The lowest BCUT2D eigenvalue weighted by Gasteiger charge is -2.04. The van der Waals surface area contributed by atoms with Gasteiger partial charge in [0, 0.05) is 6.26 Å². The average Bonchev–Trinajstić information content (AvgIpc) is 2.19. The van der Waals surface area contributed by atoms with E-state index in [0.717, 1.165) is 19.5 Å². The summed E-state index contributed by atoms with van der Waals surface area (Å²) >= 11 is 0. The molecule has 0 radical (unpaired) electrons. The van der Waals surface area contributed by atoms with Gasteiger partial charge in [0.25, 0.3) is 0 Å². The highest BCUT2D eigenvalue weighted by Crippen LogP contribution is 2.03. The smallest absolute Gasteiger partial charge is 0.147 e. The van der Waals surface area contributed by atoms with E-state index >= 15 is 0 Å². The van der Waals surface area contributed by atoms with Gasteiger partial charge in [-0.15, -0.1) is 0 Å². The summed E-state index contributed by atoms with van der Waals surface area (Å²) < 4.78 is 21.7. The lowest BCUT2D eigenvalue weighted by atomic mass is 10.1. The van der Waals surface area contributed by atoms with Gasteiger partial charge in [-0.25, -0.2) is 8.42 Å². The zero-order chi connectivity index (χ0) is 12.3. The minimum Gasteiger partial charge on any atom is -0.317 e. The third-order valence-corrected chi connectivity index (χ3v) is 3.61. The summed E-state index contributed by atoms with van der Waals surface area (Å²) in [5, 5.41) is 3.28. The second-order valence-corrected chi connectivity index (χ2v) is 6.76. The Labute approximate surface area is 101 Å². The Kier molecular flexibility index (Phi) is 10.0. The molecular formula is C12H27NO2S. The van der Waals surface area contributed by atoms with Gasteiger partial charge in [-0.3, -0.25) is 0 Å². The Bertz CT molecular complexity index is 237. The Hall–Kier alpha value is -0.0900. The van der Waals surface area contributed by atoms with Gasteiger partial charge in [0.05, 0.1) is 5.75 Å². The molecule has 0 saturated carbocycles. The molecule has 0 fully saturated rings. The molecule has 0 rings (SSSR count). The molecule has 0 spiro atoms. The van der Waals surface area contributed by atoms with Crippen LogP contribution in [0.4, 0.5) is 0 Å². The van der Waals surface area contributed by atoms with Crippen molar-refractivity contribution >= 4 is 9.84 Å². The molecule has 0 aliphatic carbocycles. The van der Waals surface area contributed by atoms with Gasteiger partial charge in [0.2, 0.25) is 0 Å². The molecule has 0 atom stereocenters. The monoisotopic (exact) mass is 249 g/mol. The highest BCUT2D eigenvalue weighted by atomic mass is 32.2. The molecule has 0 aromatic heterocycles. The summed E-state index contributed by atoms with van der Waals surface area (Å²) in [4.78, 5) is 0. The van der Waals surface area contributed by atoms with Gasteiger partial charge in [0.15, 0.2) is 0 Å². The number of hydrogen-bond donors (Lipinski definition) is 1. The quantitative estimate of drug-likeness (QED) is 0.572. The van der Waals surface area contributed by atoms with E-state index in [9.17, 15) is 8.42 Å². The number of hydrogen-bond acceptors (Lipinski definition) is 3. The Morgan fingerprint density at radius 2 is 1.44 bits per heavy atom. The van der Waals surface area contributed by atoms with Crippen LogP contribution in [0.3, 0.4) is 0 Å². The maximum Gasteiger partial charge on any atom is 0.147 e. The van der Waals surface area contributed by atoms with Crippen LogP contribution in [-0.4, -0.2) is 33.5 Å². The van der Waals surface area contributed by atoms with Crippen molar-refractivity contribution < 1.29 is 8.42 Å². The van der Waals surface area contributed by atoms with E-state index in [-0.39, 0.29) is 0 Å². The lowest BCUT2D eigenvalue weighted by molar-refractivity contribution is 0.566. The van der Waals surface area contributed by atoms with Crippen molar-refractivity contribution in [3.63, 3.8) is 0 Å². The summed E-state index contributed by atoms with van der Waals surface area (Å²) in [5.74, 6) is 0.302. The highest BCUT2D eigenvalue weighted by Gasteiger charge is 2.00. The molecule has 0 amide bonds. The fourth-order valence-corrected chi connectivity index (χ4v) is 2.28. The Morgan fingerprint density at radius 1 is 0.875 bits per heavy atom. The average molecular weight is 249 g/mol. The van der Waals surface area contributed by atoms with Crippen molar-refractivity contribution in [2.24, 2.45) is 0 Å². The maximum atomic E-state index is 10.8. The second kappa shape index (κ2) is 10.1. The third kappa shape index (κ3) is 13.9. The predicted molar refractivity (Wildman–Crippen MR) is 70.6 cm³/mol. The lowest BCUT2D eigenvalue weighted by Crippen LogP contribution is -2.19. The highest BCUT2D eigenvalue weighted by molar-refractivity contribution is 7.90. The van der Waals surface area contributed by atoms with Crippen molar-refractivity contribution in [1.29, 1.82) is 0 Å². The third-order valence-electron chi connectivity index (χ3n) is 2.58. The van der Waals surface area contributed by atoms with Crippen LogP contribution in [0.25, 0.3) is 0 Å². The van der Waals surface area contributed by atoms with E-state index in [1.807, 2.05) is 0 Å². The van der Waals surface area contributed by atoms with Crippen molar-refractivity contribution in [2.75, 3.05) is 25.1 Å². The molecular weight excluding hydrogens is 222 g/mol. The summed E-state index contributed by atoms with van der Waals surface area (Å²) in [6, 6.07) is 0. The van der Waals surface area contributed by atoms with Crippen LogP contribution in [0.15, 0.2) is 0 Å². The van der Waals surface area contributed by atoms with Gasteiger partial charge in [0.1, 0.15) is 9.84 Å². The molecule has 4 heteroatoms. The zero-order valence-electron chi connectivity index (χ0n) is 10.8. The van der Waals surface area contributed by atoms with Gasteiger partial charge in [-0.2, -0.15) is 0 Å². The SMILES string of the molecule is CCCCCCCCNCCCS(C)(=O)=O. The van der Waals surface area contributed by atoms with Crippen molar-refractivity contribution in [3.05, 3.63) is 0 Å². The minimum absolute atomic E-state index is 0.302. The first-order valence-electron chi connectivity index (χ1n) is 6.44. The first-order valence-corrected chi connectivity index (χ1v) is 8.50. The van der Waals surface area contributed by atoms with E-state index in [4.69, 9.17) is 0 Å². The van der Waals surface area contributed by atoms with Gasteiger partial charge >= 0.3 is 0 Å². The topological polar surface area (TPSA) is 46.2 Å². The van der Waals surface area contributed by atoms with E-state index in [1.54, 1.807) is 0 Å². The van der Waals surface area contributed by atoms with Crippen LogP contribution in [0.1, 0.15) is 51.9 Å². The summed E-state index contributed by atoms with van der Waals surface area (Å²) in [6.07, 6.45) is 9.85. The Morgan fingerprint density at radius 3 is 2.06 bits per heavy atom. The van der Waals surface area contributed by atoms with Crippen LogP contribution in [0.2, 0.25) is 0 Å². The number of unbranched alkanes of at least 4 members (excludes halogenated alkanes) is 5. The maximum absolute atomic E-state index is 10.8. The first-order chi connectivity index (χ1) is 7.56. The molecule has 0 bridgehead atoms. The molecule has 98 valence electrons. The fourth-order valence-electron chi connectivity index (χ4n) is 1.61. The molecule has 0 aliphatic heterocycles. The molecule has 1 N–H and O–H groups in total. The molecule has 0 saturated heterocycles. The molecule has 0 heterocycles. The van der Waals surface area contributed by atoms with Crippen molar-refractivity contribution in [2.45, 2.75) is 51.9 Å². The Balaban J connectivity index is 3.05. The predicted octanol–water partition coefficient (Wildman–Crippen LogP) is 2.37. The number of nitrogens with one attached hydrogen (secondary N) is 1. The van der Waals surface area contributed by atoms with Crippen LogP contribution in [0.5, 0.6) is 0 Å². The van der Waals surface area contributed by atoms with E-state index in [1.165, 1.54) is 44.8 Å². The summed E-state index contributed by atoms with van der Waals surface area (Å²) in [6.45, 7) is 4.07. The fraction of sp³-hybridized carbons (Fsp3) is 1.00. The van der Waals surface area contributed by atoms with E-state index < -0.39 is 9.84 Å². The van der Waals surface area contributed by atoms with E-state index in [0.29, 0.717) is 5.75 Å². The van der Waals surface area contributed by atoms with Crippen LogP contribution in [-0.2, 0) is 9.84 Å². The summed E-state index contributed by atoms with van der Waals surface area (Å²) in [7, 11) is -2.77. The van der Waals surface area contributed by atoms with Crippen molar-refractivity contribution in [1.82, 2.24) is 5.32 Å². The number of sulfone groups is 1. The summed E-state index contributed by atoms with van der Waals surface area (Å²) in [5.41, 5.74) is 0. The molecule has 16 heavy (non-hydrogen) atoms. The normalized spacial score (nSPS) is 11.9. The van der Waals surface area contributed by atoms with Crippen LogP contribution in [0, 0.1) is 0 Å². The first kappa shape index (κ1) is 15.9. The largest absolute Gasteiger partial charge is 0.317 e. The van der Waals surface area contributed by atoms with Gasteiger partial charge in [-0.1, -0.05) is 39.0 Å². The van der Waals surface area contributed by atoms with Gasteiger partial charge < -0.3 is 5.32 Å². The molecule has 0 aromatic rings. The zero-order valence-corrected chi connectivity index (χ0v) is 11.6. The van der Waals surface area contributed by atoms with Crippen LogP contribution < -0.4 is 5.32 Å². The van der Waals surface area contributed by atoms with Crippen molar-refractivity contribution in [3.8, 4) is 0 Å². The number of rotatable bonds is 11.